The van der Waals surface area contributed by atoms with Gasteiger partial charge in [0.2, 0.25) is 0 Å². The Hall–Kier alpha value is -0.730. The summed E-state index contributed by atoms with van der Waals surface area (Å²) < 4.78 is 5.69. The summed E-state index contributed by atoms with van der Waals surface area (Å²) in [4.78, 5) is 0. The van der Waals surface area contributed by atoms with Crippen molar-refractivity contribution in [3.05, 3.63) is 27.8 Å². The van der Waals surface area contributed by atoms with Crippen LogP contribution in [0.25, 0.3) is 0 Å². The first-order valence-electron chi connectivity index (χ1n) is 5.92. The Bertz CT molecular complexity index is 428. The monoisotopic (exact) mass is 238 g/mol. The molecule has 0 radical (unpaired) electrons. The predicted octanol–water partition coefficient (Wildman–Crippen LogP) is 3.03. The molecule has 1 aliphatic heterocycles. The largest absolute Gasteiger partial charge is 0.493 e. The van der Waals surface area contributed by atoms with Gasteiger partial charge in [0.25, 0.3) is 0 Å². The van der Waals surface area contributed by atoms with Crippen LogP contribution >= 0.6 is 11.6 Å². The SMILES string of the molecule is O[C@@H]1CCCCc2c3c(cc(Cl)c21)CCO3. The fourth-order valence-corrected chi connectivity index (χ4v) is 3.15. The molecule has 0 unspecified atom stereocenters. The van der Waals surface area contributed by atoms with Crippen molar-refractivity contribution in [1.82, 2.24) is 0 Å². The zero-order valence-corrected chi connectivity index (χ0v) is 9.89. The van der Waals surface area contributed by atoms with Gasteiger partial charge in [-0.05, 0) is 30.9 Å². The number of fused-ring (bicyclic) bond motifs is 3. The molecule has 1 heterocycles. The van der Waals surface area contributed by atoms with Crippen LogP contribution in [0.4, 0.5) is 0 Å². The summed E-state index contributed by atoms with van der Waals surface area (Å²) in [6.07, 6.45) is 4.49. The first-order valence-corrected chi connectivity index (χ1v) is 6.30. The third kappa shape index (κ3) is 1.52. The summed E-state index contributed by atoms with van der Waals surface area (Å²) in [5.74, 6) is 1.00. The lowest BCUT2D eigenvalue weighted by molar-refractivity contribution is 0.166. The van der Waals surface area contributed by atoms with Crippen LogP contribution < -0.4 is 4.74 Å². The third-order valence-electron chi connectivity index (χ3n) is 3.55. The first kappa shape index (κ1) is 10.4. The van der Waals surface area contributed by atoms with Gasteiger partial charge in [-0.25, -0.2) is 0 Å². The minimum absolute atomic E-state index is 0.417. The van der Waals surface area contributed by atoms with Gasteiger partial charge in [-0.2, -0.15) is 0 Å². The van der Waals surface area contributed by atoms with E-state index in [1.807, 2.05) is 6.07 Å². The molecule has 1 aromatic rings. The maximum atomic E-state index is 10.1. The molecule has 3 heteroatoms. The molecule has 0 aromatic heterocycles. The summed E-state index contributed by atoms with van der Waals surface area (Å²) in [6.45, 7) is 0.748. The van der Waals surface area contributed by atoms with Gasteiger partial charge in [-0.15, -0.1) is 0 Å². The summed E-state index contributed by atoms with van der Waals surface area (Å²) >= 11 is 6.28. The molecule has 0 saturated carbocycles. The van der Waals surface area contributed by atoms with Gasteiger partial charge in [-0.3, -0.25) is 0 Å². The molecule has 0 saturated heterocycles. The molecule has 1 atom stereocenters. The Kier molecular flexibility index (Phi) is 2.56. The van der Waals surface area contributed by atoms with Crippen molar-refractivity contribution in [1.29, 1.82) is 0 Å². The van der Waals surface area contributed by atoms with Crippen LogP contribution in [0.5, 0.6) is 5.75 Å². The third-order valence-corrected chi connectivity index (χ3v) is 3.87. The fraction of sp³-hybridized carbons (Fsp3) is 0.538. The second-order valence-electron chi connectivity index (χ2n) is 4.60. The number of aliphatic hydroxyl groups is 1. The lowest BCUT2D eigenvalue weighted by atomic mass is 9.96. The Labute approximate surface area is 100 Å². The van der Waals surface area contributed by atoms with Gasteiger partial charge in [-0.1, -0.05) is 18.0 Å². The molecule has 0 bridgehead atoms. The van der Waals surface area contributed by atoms with Crippen LogP contribution in [0.1, 0.15) is 42.1 Å². The van der Waals surface area contributed by atoms with Crippen LogP contribution in [0.15, 0.2) is 6.07 Å². The van der Waals surface area contributed by atoms with Crippen LogP contribution in [-0.2, 0) is 12.8 Å². The Morgan fingerprint density at radius 1 is 1.31 bits per heavy atom. The highest BCUT2D eigenvalue weighted by Gasteiger charge is 2.27. The maximum Gasteiger partial charge on any atom is 0.126 e. The Balaban J connectivity index is 2.21. The lowest BCUT2D eigenvalue weighted by Crippen LogP contribution is -2.02. The van der Waals surface area contributed by atoms with Crippen LogP contribution in [0, 0.1) is 0 Å². The number of halogens is 1. The van der Waals surface area contributed by atoms with E-state index in [1.54, 1.807) is 0 Å². The molecule has 0 spiro atoms. The summed E-state index contributed by atoms with van der Waals surface area (Å²) in [5.41, 5.74) is 3.28. The zero-order chi connectivity index (χ0) is 11.1. The molecule has 1 N–H and O–H groups in total. The highest BCUT2D eigenvalue weighted by atomic mass is 35.5. The number of benzene rings is 1. The van der Waals surface area contributed by atoms with E-state index < -0.39 is 6.10 Å². The molecule has 16 heavy (non-hydrogen) atoms. The number of aliphatic hydroxyl groups excluding tert-OH is 1. The van der Waals surface area contributed by atoms with Gasteiger partial charge in [0.1, 0.15) is 5.75 Å². The smallest absolute Gasteiger partial charge is 0.126 e. The quantitative estimate of drug-likeness (QED) is 0.704. The maximum absolute atomic E-state index is 10.1. The van der Waals surface area contributed by atoms with Crippen LogP contribution in [-0.4, -0.2) is 11.7 Å². The molecule has 0 fully saturated rings. The van der Waals surface area contributed by atoms with Gasteiger partial charge in [0.15, 0.2) is 0 Å². The van der Waals surface area contributed by atoms with Crippen LogP contribution in [0.3, 0.4) is 0 Å². The highest BCUT2D eigenvalue weighted by Crippen LogP contribution is 2.42. The average molecular weight is 239 g/mol. The van der Waals surface area contributed by atoms with E-state index in [-0.39, 0.29) is 0 Å². The summed E-state index contributed by atoms with van der Waals surface area (Å²) in [5, 5.41) is 10.8. The van der Waals surface area contributed by atoms with Crippen molar-refractivity contribution in [2.24, 2.45) is 0 Å². The molecule has 2 aliphatic rings. The molecular formula is C13H15ClO2. The molecule has 0 amide bonds. The van der Waals surface area contributed by atoms with E-state index in [4.69, 9.17) is 16.3 Å². The van der Waals surface area contributed by atoms with Gasteiger partial charge in [0.05, 0.1) is 12.7 Å². The molecular weight excluding hydrogens is 224 g/mol. The number of hydrogen-bond acceptors (Lipinski definition) is 2. The van der Waals surface area contributed by atoms with Gasteiger partial charge >= 0.3 is 0 Å². The van der Waals surface area contributed by atoms with E-state index in [0.29, 0.717) is 5.02 Å². The average Bonchev–Trinajstić information content (AvgIpc) is 2.62. The lowest BCUT2D eigenvalue weighted by Gasteiger charge is -2.16. The minimum Gasteiger partial charge on any atom is -0.493 e. The molecule has 2 nitrogen and oxygen atoms in total. The standard InChI is InChI=1S/C13H15ClO2/c14-10-7-8-5-6-16-13(8)9-3-1-2-4-11(15)12(9)10/h7,11,15H,1-6H2/t11-/m1/s1. The molecule has 1 aromatic carbocycles. The van der Waals surface area contributed by atoms with E-state index in [0.717, 1.165) is 55.6 Å². The van der Waals surface area contributed by atoms with Crippen molar-refractivity contribution in [2.75, 3.05) is 6.61 Å². The van der Waals surface area contributed by atoms with Gasteiger partial charge in [0, 0.05) is 22.6 Å². The summed E-state index contributed by atoms with van der Waals surface area (Å²) in [7, 11) is 0. The minimum atomic E-state index is -0.417. The van der Waals surface area contributed by atoms with E-state index in [1.165, 1.54) is 5.56 Å². The normalized spacial score (nSPS) is 23.2. The molecule has 1 aliphatic carbocycles. The highest BCUT2D eigenvalue weighted by molar-refractivity contribution is 6.31. The van der Waals surface area contributed by atoms with Crippen molar-refractivity contribution in [2.45, 2.75) is 38.2 Å². The van der Waals surface area contributed by atoms with Crippen LogP contribution in [0.2, 0.25) is 5.02 Å². The van der Waals surface area contributed by atoms with E-state index >= 15 is 0 Å². The number of rotatable bonds is 0. The second kappa shape index (κ2) is 3.94. The predicted molar refractivity (Wildman–Crippen MR) is 63.2 cm³/mol. The first-order chi connectivity index (χ1) is 7.77. The van der Waals surface area contributed by atoms with E-state index in [2.05, 4.69) is 0 Å². The number of ether oxygens (including phenoxy) is 1. The van der Waals surface area contributed by atoms with Crippen molar-refractivity contribution in [3.8, 4) is 5.75 Å². The second-order valence-corrected chi connectivity index (χ2v) is 5.01. The van der Waals surface area contributed by atoms with Crippen molar-refractivity contribution in [3.63, 3.8) is 0 Å². The fourth-order valence-electron chi connectivity index (χ4n) is 2.78. The Morgan fingerprint density at radius 2 is 2.19 bits per heavy atom. The zero-order valence-electron chi connectivity index (χ0n) is 9.13. The number of hydrogen-bond donors (Lipinski definition) is 1. The molecule has 86 valence electrons. The van der Waals surface area contributed by atoms with Crippen molar-refractivity contribution >= 4 is 11.6 Å². The van der Waals surface area contributed by atoms with E-state index in [9.17, 15) is 5.11 Å². The van der Waals surface area contributed by atoms with Gasteiger partial charge < -0.3 is 9.84 Å². The topological polar surface area (TPSA) is 29.5 Å². The van der Waals surface area contributed by atoms with Crippen molar-refractivity contribution < 1.29 is 9.84 Å². The summed E-state index contributed by atoms with van der Waals surface area (Å²) in [6, 6.07) is 1.97. The Morgan fingerprint density at radius 3 is 3.06 bits per heavy atom. The molecule has 3 rings (SSSR count).